The minimum Gasteiger partial charge on any atom is -0.492 e. The third-order valence-corrected chi connectivity index (χ3v) is 4.98. The van der Waals surface area contributed by atoms with Gasteiger partial charge in [-0.2, -0.15) is 13.2 Å². The number of rotatable bonds is 7. The van der Waals surface area contributed by atoms with E-state index in [0.717, 1.165) is 23.4 Å². The molecule has 2 aromatic carbocycles. The van der Waals surface area contributed by atoms with E-state index in [0.29, 0.717) is 29.4 Å². The zero-order chi connectivity index (χ0) is 20.9. The summed E-state index contributed by atoms with van der Waals surface area (Å²) in [5.74, 6) is 0.557. The second-order valence-electron chi connectivity index (χ2n) is 6.41. The van der Waals surface area contributed by atoms with Crippen LogP contribution in [0.4, 0.5) is 13.2 Å². The second-order valence-corrected chi connectivity index (χ2v) is 7.27. The number of amides is 1. The molecule has 0 aliphatic rings. The van der Waals surface area contributed by atoms with Crippen molar-refractivity contribution < 1.29 is 22.7 Å². The van der Waals surface area contributed by atoms with Crippen molar-refractivity contribution in [3.05, 3.63) is 70.7 Å². The molecule has 0 saturated heterocycles. The van der Waals surface area contributed by atoms with E-state index in [1.165, 1.54) is 23.5 Å². The average molecular weight is 420 g/mol. The maximum absolute atomic E-state index is 12.6. The molecular formula is C21H19F3N2O2S. The summed E-state index contributed by atoms with van der Waals surface area (Å²) in [6, 6.07) is 12.5. The Morgan fingerprint density at radius 2 is 1.93 bits per heavy atom. The zero-order valence-corrected chi connectivity index (χ0v) is 16.4. The van der Waals surface area contributed by atoms with Gasteiger partial charge < -0.3 is 10.1 Å². The first-order valence-corrected chi connectivity index (χ1v) is 9.77. The Kier molecular flexibility index (Phi) is 6.53. The Morgan fingerprint density at radius 1 is 1.17 bits per heavy atom. The molecule has 0 saturated carbocycles. The molecule has 1 heterocycles. The normalized spacial score (nSPS) is 11.3. The SMILES string of the molecule is Cc1cccc(OCCNC(=O)Cc2csc(-c3ccc(C(F)(F)F)cc3)n2)c1. The average Bonchev–Trinajstić information content (AvgIpc) is 3.13. The molecule has 0 fully saturated rings. The number of nitrogens with zero attached hydrogens (tertiary/aromatic N) is 1. The molecule has 0 aliphatic carbocycles. The van der Waals surface area contributed by atoms with Gasteiger partial charge in [-0.15, -0.1) is 11.3 Å². The molecule has 0 bridgehead atoms. The number of aromatic nitrogens is 1. The smallest absolute Gasteiger partial charge is 0.416 e. The fourth-order valence-electron chi connectivity index (χ4n) is 2.61. The van der Waals surface area contributed by atoms with E-state index in [2.05, 4.69) is 10.3 Å². The van der Waals surface area contributed by atoms with Gasteiger partial charge in [0, 0.05) is 10.9 Å². The summed E-state index contributed by atoms with van der Waals surface area (Å²) in [5.41, 5.74) is 1.55. The molecule has 1 amide bonds. The molecule has 29 heavy (non-hydrogen) atoms. The summed E-state index contributed by atoms with van der Waals surface area (Å²) in [4.78, 5) is 16.4. The van der Waals surface area contributed by atoms with Crippen molar-refractivity contribution in [3.63, 3.8) is 0 Å². The van der Waals surface area contributed by atoms with Gasteiger partial charge in [0.25, 0.3) is 0 Å². The monoisotopic (exact) mass is 420 g/mol. The summed E-state index contributed by atoms with van der Waals surface area (Å²) < 4.78 is 43.5. The van der Waals surface area contributed by atoms with Crippen LogP contribution in [0.3, 0.4) is 0 Å². The minimum atomic E-state index is -4.37. The van der Waals surface area contributed by atoms with Gasteiger partial charge in [-0.3, -0.25) is 4.79 Å². The van der Waals surface area contributed by atoms with Gasteiger partial charge in [-0.05, 0) is 36.8 Å². The summed E-state index contributed by atoms with van der Waals surface area (Å²) in [6.07, 6.45) is -4.27. The lowest BCUT2D eigenvalue weighted by Gasteiger charge is -2.08. The number of alkyl halides is 3. The van der Waals surface area contributed by atoms with Crippen LogP contribution in [-0.2, 0) is 17.4 Å². The van der Waals surface area contributed by atoms with Crippen LogP contribution in [0, 0.1) is 6.92 Å². The lowest BCUT2D eigenvalue weighted by Crippen LogP contribution is -2.29. The Hall–Kier alpha value is -2.87. The predicted molar refractivity (Wildman–Crippen MR) is 106 cm³/mol. The number of ether oxygens (including phenoxy) is 1. The lowest BCUT2D eigenvalue weighted by atomic mass is 10.1. The molecule has 0 radical (unpaired) electrons. The number of halogens is 3. The number of hydrogen-bond donors (Lipinski definition) is 1. The molecule has 1 N–H and O–H groups in total. The van der Waals surface area contributed by atoms with Crippen molar-refractivity contribution in [1.82, 2.24) is 10.3 Å². The first-order chi connectivity index (χ1) is 13.8. The number of benzene rings is 2. The van der Waals surface area contributed by atoms with Crippen LogP contribution in [0.5, 0.6) is 5.75 Å². The molecule has 3 rings (SSSR count). The Bertz CT molecular complexity index is 969. The van der Waals surface area contributed by atoms with Crippen molar-refractivity contribution in [2.75, 3.05) is 13.2 Å². The van der Waals surface area contributed by atoms with Gasteiger partial charge in [0.1, 0.15) is 17.4 Å². The molecule has 0 aliphatic heterocycles. The number of carbonyl (C=O) groups is 1. The number of nitrogens with one attached hydrogen (secondary N) is 1. The maximum Gasteiger partial charge on any atom is 0.416 e. The van der Waals surface area contributed by atoms with E-state index in [1.54, 1.807) is 5.38 Å². The highest BCUT2D eigenvalue weighted by molar-refractivity contribution is 7.13. The lowest BCUT2D eigenvalue weighted by molar-refractivity contribution is -0.137. The van der Waals surface area contributed by atoms with E-state index < -0.39 is 11.7 Å². The third kappa shape index (κ3) is 6.05. The first-order valence-electron chi connectivity index (χ1n) is 8.89. The van der Waals surface area contributed by atoms with Gasteiger partial charge in [0.05, 0.1) is 24.2 Å². The van der Waals surface area contributed by atoms with Crippen molar-refractivity contribution in [1.29, 1.82) is 0 Å². The number of aryl methyl sites for hydroxylation is 1. The van der Waals surface area contributed by atoms with Crippen LogP contribution in [0.1, 0.15) is 16.8 Å². The quantitative estimate of drug-likeness (QED) is 0.555. The highest BCUT2D eigenvalue weighted by Crippen LogP contribution is 2.31. The van der Waals surface area contributed by atoms with E-state index in [9.17, 15) is 18.0 Å². The van der Waals surface area contributed by atoms with Crippen molar-refractivity contribution >= 4 is 17.2 Å². The van der Waals surface area contributed by atoms with Crippen molar-refractivity contribution in [3.8, 4) is 16.3 Å². The van der Waals surface area contributed by atoms with E-state index in [1.807, 2.05) is 31.2 Å². The largest absolute Gasteiger partial charge is 0.492 e. The Balaban J connectivity index is 1.47. The van der Waals surface area contributed by atoms with E-state index >= 15 is 0 Å². The summed E-state index contributed by atoms with van der Waals surface area (Å²) in [6.45, 7) is 2.69. The van der Waals surface area contributed by atoms with Gasteiger partial charge in [0.15, 0.2) is 0 Å². The van der Waals surface area contributed by atoms with Gasteiger partial charge >= 0.3 is 6.18 Å². The van der Waals surface area contributed by atoms with Crippen molar-refractivity contribution in [2.24, 2.45) is 0 Å². The van der Waals surface area contributed by atoms with Crippen LogP contribution in [0.15, 0.2) is 53.9 Å². The number of thiazole rings is 1. The molecule has 8 heteroatoms. The fourth-order valence-corrected chi connectivity index (χ4v) is 3.44. The molecule has 4 nitrogen and oxygen atoms in total. The van der Waals surface area contributed by atoms with Crippen LogP contribution >= 0.6 is 11.3 Å². The zero-order valence-electron chi connectivity index (χ0n) is 15.6. The third-order valence-electron chi connectivity index (χ3n) is 4.04. The van der Waals surface area contributed by atoms with E-state index in [4.69, 9.17) is 4.74 Å². The minimum absolute atomic E-state index is 0.0988. The molecular weight excluding hydrogens is 401 g/mol. The molecule has 0 unspecified atom stereocenters. The van der Waals surface area contributed by atoms with E-state index in [-0.39, 0.29) is 12.3 Å². The van der Waals surface area contributed by atoms with Gasteiger partial charge in [-0.1, -0.05) is 24.3 Å². The standard InChI is InChI=1S/C21H19F3N2O2S/c1-14-3-2-4-18(11-14)28-10-9-25-19(27)12-17-13-29-20(26-17)15-5-7-16(8-6-15)21(22,23)24/h2-8,11,13H,9-10,12H2,1H3,(H,25,27). The Labute approximate surface area is 170 Å². The maximum atomic E-state index is 12.6. The van der Waals surface area contributed by atoms with Crippen LogP contribution in [-0.4, -0.2) is 24.0 Å². The summed E-state index contributed by atoms with van der Waals surface area (Å²) >= 11 is 1.29. The molecule has 0 spiro atoms. The van der Waals surface area contributed by atoms with Gasteiger partial charge in [-0.25, -0.2) is 4.98 Å². The highest BCUT2D eigenvalue weighted by atomic mass is 32.1. The molecule has 1 aromatic heterocycles. The van der Waals surface area contributed by atoms with Crippen LogP contribution < -0.4 is 10.1 Å². The highest BCUT2D eigenvalue weighted by Gasteiger charge is 2.30. The first kappa shape index (κ1) is 20.9. The summed E-state index contributed by atoms with van der Waals surface area (Å²) in [5, 5.41) is 5.07. The number of hydrogen-bond acceptors (Lipinski definition) is 4. The molecule has 152 valence electrons. The molecule has 0 atom stereocenters. The summed E-state index contributed by atoms with van der Waals surface area (Å²) in [7, 11) is 0. The van der Waals surface area contributed by atoms with Crippen LogP contribution in [0.2, 0.25) is 0 Å². The van der Waals surface area contributed by atoms with Crippen molar-refractivity contribution in [2.45, 2.75) is 19.5 Å². The van der Waals surface area contributed by atoms with Crippen LogP contribution in [0.25, 0.3) is 10.6 Å². The fraction of sp³-hybridized carbons (Fsp3) is 0.238. The molecule has 3 aromatic rings. The topological polar surface area (TPSA) is 51.2 Å². The Morgan fingerprint density at radius 3 is 2.62 bits per heavy atom. The van der Waals surface area contributed by atoms with Gasteiger partial charge in [0.2, 0.25) is 5.91 Å². The predicted octanol–water partition coefficient (Wildman–Crippen LogP) is 4.88. The number of carbonyl (C=O) groups excluding carboxylic acids is 1. The second kappa shape index (κ2) is 9.09.